The number of nitrogens with one attached hydrogen (secondary N) is 1. The Morgan fingerprint density at radius 1 is 1.03 bits per heavy atom. The van der Waals surface area contributed by atoms with E-state index in [2.05, 4.69) is 36.8 Å². The van der Waals surface area contributed by atoms with Crippen LogP contribution in [-0.4, -0.2) is 53.0 Å². The smallest absolute Gasteiger partial charge is 0.216 e. The first kappa shape index (κ1) is 20.5. The first-order chi connectivity index (χ1) is 16.7. The lowest BCUT2D eigenvalue weighted by Crippen LogP contribution is -2.57. The van der Waals surface area contributed by atoms with Crippen LogP contribution in [0.2, 0.25) is 0 Å². The van der Waals surface area contributed by atoms with Gasteiger partial charge in [0.25, 0.3) is 0 Å². The van der Waals surface area contributed by atoms with Gasteiger partial charge in [-0.15, -0.1) is 0 Å². The molecule has 4 aromatic rings. The normalized spacial score (nSPS) is 17.5. The number of hydrogen-bond acceptors (Lipinski definition) is 8. The fourth-order valence-electron chi connectivity index (χ4n) is 4.61. The number of imidazole rings is 1. The highest BCUT2D eigenvalue weighted by Crippen LogP contribution is 2.37. The maximum atomic E-state index is 5.57. The Morgan fingerprint density at radius 2 is 1.91 bits per heavy atom. The molecule has 2 aliphatic rings. The van der Waals surface area contributed by atoms with Crippen LogP contribution in [0.25, 0.3) is 11.0 Å². The second-order valence-electron chi connectivity index (χ2n) is 8.31. The number of benzene rings is 2. The van der Waals surface area contributed by atoms with Crippen molar-refractivity contribution in [3.8, 4) is 11.5 Å². The van der Waals surface area contributed by atoms with Gasteiger partial charge in [0.05, 0.1) is 38.6 Å². The Balaban J connectivity index is 1.42. The highest BCUT2D eigenvalue weighted by molar-refractivity contribution is 5.98. The first-order valence-electron chi connectivity index (χ1n) is 11.1. The minimum atomic E-state index is -0.193. The zero-order valence-corrected chi connectivity index (χ0v) is 19.0. The largest absolute Gasteiger partial charge is 0.493 e. The van der Waals surface area contributed by atoms with Gasteiger partial charge < -0.3 is 14.8 Å². The third-order valence-electron chi connectivity index (χ3n) is 6.21. The van der Waals surface area contributed by atoms with Gasteiger partial charge in [0.2, 0.25) is 11.9 Å². The molecule has 2 aliphatic heterocycles. The highest BCUT2D eigenvalue weighted by atomic mass is 16.5. The number of aromatic nitrogens is 3. The molecule has 0 saturated heterocycles. The maximum Gasteiger partial charge on any atom is 0.216 e. The van der Waals surface area contributed by atoms with E-state index in [0.717, 1.165) is 40.6 Å². The minimum Gasteiger partial charge on any atom is -0.493 e. The Hall–Kier alpha value is -4.11. The molecule has 1 N–H and O–H groups in total. The van der Waals surface area contributed by atoms with Gasteiger partial charge in [0.15, 0.2) is 11.5 Å². The summed E-state index contributed by atoms with van der Waals surface area (Å²) in [5.41, 5.74) is 4.17. The number of guanidine groups is 1. The van der Waals surface area contributed by atoms with Gasteiger partial charge in [0.1, 0.15) is 6.17 Å². The van der Waals surface area contributed by atoms with Crippen molar-refractivity contribution >= 4 is 22.9 Å². The quantitative estimate of drug-likeness (QED) is 0.495. The molecule has 2 aromatic carbocycles. The number of fused-ring (bicyclic) bond motifs is 5. The average molecular weight is 456 g/mol. The summed E-state index contributed by atoms with van der Waals surface area (Å²) < 4.78 is 13.2. The first-order valence-corrected chi connectivity index (χ1v) is 11.1. The highest BCUT2D eigenvalue weighted by Gasteiger charge is 2.36. The molecule has 172 valence electrons. The molecule has 34 heavy (non-hydrogen) atoms. The van der Waals surface area contributed by atoms with Gasteiger partial charge in [-0.25, -0.2) is 9.98 Å². The predicted molar refractivity (Wildman–Crippen MR) is 130 cm³/mol. The second kappa shape index (κ2) is 8.35. The molecular weight excluding hydrogens is 430 g/mol. The molecule has 1 atom stereocenters. The number of rotatable bonds is 5. The van der Waals surface area contributed by atoms with Crippen LogP contribution in [0.15, 0.2) is 72.0 Å². The van der Waals surface area contributed by atoms with Gasteiger partial charge in [0, 0.05) is 18.9 Å². The second-order valence-corrected chi connectivity index (χ2v) is 8.31. The van der Waals surface area contributed by atoms with Gasteiger partial charge >= 0.3 is 0 Å². The van der Waals surface area contributed by atoms with Crippen LogP contribution < -0.4 is 19.7 Å². The van der Waals surface area contributed by atoms with Crippen molar-refractivity contribution in [2.75, 3.05) is 32.5 Å². The van der Waals surface area contributed by atoms with Crippen molar-refractivity contribution in [1.29, 1.82) is 0 Å². The number of para-hydroxylation sites is 2. The monoisotopic (exact) mass is 455 g/mol. The molecule has 2 aromatic heterocycles. The fraction of sp³-hybridized carbons (Fsp3) is 0.240. The van der Waals surface area contributed by atoms with Crippen LogP contribution in [-0.2, 0) is 6.54 Å². The third-order valence-corrected chi connectivity index (χ3v) is 6.21. The molecule has 9 heteroatoms. The molecule has 0 bridgehead atoms. The number of aliphatic imine (C=N–C) groups is 1. The number of anilines is 1. The molecule has 0 radical (unpaired) electrons. The summed E-state index contributed by atoms with van der Waals surface area (Å²) in [6.07, 6.45) is 3.50. The Bertz CT molecular complexity index is 1370. The van der Waals surface area contributed by atoms with Crippen LogP contribution in [0, 0.1) is 0 Å². The van der Waals surface area contributed by atoms with Crippen LogP contribution in [0.4, 0.5) is 5.95 Å². The van der Waals surface area contributed by atoms with E-state index < -0.39 is 0 Å². The summed E-state index contributed by atoms with van der Waals surface area (Å²) in [5, 5.41) is 3.64. The zero-order chi connectivity index (χ0) is 23.1. The van der Waals surface area contributed by atoms with Crippen LogP contribution in [0.3, 0.4) is 0 Å². The van der Waals surface area contributed by atoms with Crippen molar-refractivity contribution in [1.82, 2.24) is 24.8 Å². The lowest BCUT2D eigenvalue weighted by Gasteiger charge is -2.41. The number of methoxy groups -OCH3 is 2. The van der Waals surface area contributed by atoms with E-state index in [4.69, 9.17) is 19.5 Å². The van der Waals surface area contributed by atoms with Crippen LogP contribution in [0.1, 0.15) is 17.3 Å². The van der Waals surface area contributed by atoms with Crippen molar-refractivity contribution in [2.45, 2.75) is 12.7 Å². The Kier molecular flexibility index (Phi) is 5.03. The molecule has 0 spiro atoms. The van der Waals surface area contributed by atoms with Crippen molar-refractivity contribution in [3.05, 3.63) is 78.1 Å². The van der Waals surface area contributed by atoms with E-state index in [1.807, 2.05) is 48.7 Å². The standard InChI is InChI=1S/C25H25N7O2/c1-33-21-10-9-18(12-22(21)34-2)23-29-24-27-15-30(14-17-6-5-11-26-13-17)16-31(24)25-28-19-7-3-4-8-20(19)32(23)25/h3-13,23H,14-16H2,1-2H3,(H,27,29). The Labute approximate surface area is 197 Å². The molecule has 0 saturated carbocycles. The van der Waals surface area contributed by atoms with Crippen LogP contribution >= 0.6 is 0 Å². The summed E-state index contributed by atoms with van der Waals surface area (Å²) in [6.45, 7) is 2.02. The van der Waals surface area contributed by atoms with Gasteiger partial charge in [-0.05, 0) is 41.5 Å². The van der Waals surface area contributed by atoms with Crippen LogP contribution in [0.5, 0.6) is 11.5 Å². The molecule has 4 heterocycles. The summed E-state index contributed by atoms with van der Waals surface area (Å²) >= 11 is 0. The van der Waals surface area contributed by atoms with Gasteiger partial charge in [-0.3, -0.25) is 19.4 Å². The van der Waals surface area contributed by atoms with E-state index in [0.29, 0.717) is 24.8 Å². The van der Waals surface area contributed by atoms with E-state index in [1.165, 1.54) is 0 Å². The summed E-state index contributed by atoms with van der Waals surface area (Å²) in [5.74, 6) is 3.04. The lowest BCUT2D eigenvalue weighted by molar-refractivity contribution is 0.263. The summed E-state index contributed by atoms with van der Waals surface area (Å²) in [7, 11) is 3.29. The van der Waals surface area contributed by atoms with E-state index in [-0.39, 0.29) is 6.17 Å². The van der Waals surface area contributed by atoms with Gasteiger partial charge in [-0.1, -0.05) is 24.3 Å². The molecule has 1 unspecified atom stereocenters. The number of pyridine rings is 1. The average Bonchev–Trinajstić information content (AvgIpc) is 3.28. The number of ether oxygens (including phenoxy) is 2. The maximum absolute atomic E-state index is 5.57. The van der Waals surface area contributed by atoms with Crippen molar-refractivity contribution in [2.24, 2.45) is 4.99 Å². The molecular formula is C25H25N7O2. The van der Waals surface area contributed by atoms with E-state index in [9.17, 15) is 0 Å². The molecule has 0 fully saturated rings. The minimum absolute atomic E-state index is 0.193. The SMILES string of the molecule is COc1ccc(C2NC3=NCN(Cc4cccnc4)CN3c3nc4ccccc4n32)cc1OC. The third kappa shape index (κ3) is 3.41. The molecule has 0 amide bonds. The van der Waals surface area contributed by atoms with E-state index >= 15 is 0 Å². The molecule has 6 rings (SSSR count). The predicted octanol–water partition coefficient (Wildman–Crippen LogP) is 3.19. The zero-order valence-electron chi connectivity index (χ0n) is 19.0. The number of hydrogen-bond donors (Lipinski definition) is 1. The van der Waals surface area contributed by atoms with Crippen molar-refractivity contribution < 1.29 is 9.47 Å². The Morgan fingerprint density at radius 3 is 2.74 bits per heavy atom. The number of nitrogens with zero attached hydrogens (tertiary/aromatic N) is 6. The fourth-order valence-corrected chi connectivity index (χ4v) is 4.61. The van der Waals surface area contributed by atoms with E-state index in [1.54, 1.807) is 20.4 Å². The van der Waals surface area contributed by atoms with Gasteiger partial charge in [-0.2, -0.15) is 0 Å². The summed E-state index contributed by atoms with van der Waals surface area (Å²) in [4.78, 5) is 18.5. The molecule has 9 nitrogen and oxygen atoms in total. The topological polar surface area (TPSA) is 80.0 Å². The van der Waals surface area contributed by atoms with Crippen molar-refractivity contribution in [3.63, 3.8) is 0 Å². The summed E-state index contributed by atoms with van der Waals surface area (Å²) in [6, 6.07) is 18.2. The molecule has 0 aliphatic carbocycles. The lowest BCUT2D eigenvalue weighted by atomic mass is 10.1.